The lowest BCUT2D eigenvalue weighted by Crippen LogP contribution is -2.49. The average Bonchev–Trinajstić information content (AvgIpc) is 2.45. The zero-order chi connectivity index (χ0) is 16.5. The van der Waals surface area contributed by atoms with Crippen LogP contribution in [0.5, 0.6) is 0 Å². The first-order chi connectivity index (χ1) is 10.2. The van der Waals surface area contributed by atoms with E-state index in [0.717, 1.165) is 37.9 Å². The van der Waals surface area contributed by atoms with Crippen molar-refractivity contribution in [1.29, 1.82) is 0 Å². The Bertz CT molecular complexity index is 485. The lowest BCUT2D eigenvalue weighted by molar-refractivity contribution is -0.149. The van der Waals surface area contributed by atoms with Crippen LogP contribution in [0.2, 0.25) is 0 Å². The van der Waals surface area contributed by atoms with Crippen molar-refractivity contribution in [2.45, 2.75) is 65.0 Å². The van der Waals surface area contributed by atoms with E-state index in [1.54, 1.807) is 0 Å². The highest BCUT2D eigenvalue weighted by atomic mass is 16.4. The predicted molar refractivity (Wildman–Crippen MR) is 87.4 cm³/mol. The third kappa shape index (κ3) is 2.94. The fraction of sp³-hybridized carbons (Fsp3) is 0.722. The smallest absolute Gasteiger partial charge is 0.315 e. The molecule has 0 aliphatic heterocycles. The van der Waals surface area contributed by atoms with Crippen molar-refractivity contribution in [3.63, 3.8) is 0 Å². The number of carboxylic acids is 1. The minimum absolute atomic E-state index is 0.0363. The van der Waals surface area contributed by atoms with E-state index in [1.165, 1.54) is 0 Å². The summed E-state index contributed by atoms with van der Waals surface area (Å²) in [7, 11) is 0. The molecule has 2 rings (SSSR count). The molecule has 0 saturated heterocycles. The van der Waals surface area contributed by atoms with Crippen LogP contribution in [0, 0.1) is 11.3 Å². The molecule has 0 spiro atoms. The van der Waals surface area contributed by atoms with Crippen LogP contribution in [-0.2, 0) is 4.79 Å². The number of hydrogen-bond acceptors (Lipinski definition) is 3. The van der Waals surface area contributed by atoms with Crippen LogP contribution < -0.4 is 0 Å². The Hall–Kier alpha value is -1.29. The molecule has 124 valence electrons. The number of allylic oxidation sites excluding steroid dienone is 3. The summed E-state index contributed by atoms with van der Waals surface area (Å²) in [5.41, 5.74) is -0.547. The first-order valence-electron chi connectivity index (χ1n) is 8.33. The second-order valence-electron chi connectivity index (χ2n) is 7.25. The summed E-state index contributed by atoms with van der Waals surface area (Å²) >= 11 is 0. The minimum Gasteiger partial charge on any atom is -0.481 e. The average molecular weight is 307 g/mol. The molecule has 22 heavy (non-hydrogen) atoms. The van der Waals surface area contributed by atoms with Crippen molar-refractivity contribution in [3.8, 4) is 0 Å². The van der Waals surface area contributed by atoms with Gasteiger partial charge in [0.2, 0.25) is 0 Å². The van der Waals surface area contributed by atoms with Gasteiger partial charge in [0.05, 0.1) is 5.60 Å². The lowest BCUT2D eigenvalue weighted by Gasteiger charge is -2.46. The summed E-state index contributed by atoms with van der Waals surface area (Å²) < 4.78 is 0. The summed E-state index contributed by atoms with van der Waals surface area (Å²) in [6.45, 7) is 8.57. The molecule has 0 radical (unpaired) electrons. The van der Waals surface area contributed by atoms with E-state index in [0.29, 0.717) is 6.04 Å². The molecule has 2 N–H and O–H groups in total. The fourth-order valence-corrected chi connectivity index (χ4v) is 3.77. The molecule has 4 heteroatoms. The van der Waals surface area contributed by atoms with Gasteiger partial charge in [-0.3, -0.25) is 4.79 Å². The van der Waals surface area contributed by atoms with Gasteiger partial charge in [0.15, 0.2) is 0 Å². The van der Waals surface area contributed by atoms with Crippen molar-refractivity contribution >= 4 is 5.97 Å². The van der Waals surface area contributed by atoms with Gasteiger partial charge in [-0.05, 0) is 58.4 Å². The van der Waals surface area contributed by atoms with Gasteiger partial charge in [-0.1, -0.05) is 19.1 Å². The van der Waals surface area contributed by atoms with Crippen molar-refractivity contribution < 1.29 is 15.0 Å². The quantitative estimate of drug-likeness (QED) is 0.837. The molecule has 4 nitrogen and oxygen atoms in total. The van der Waals surface area contributed by atoms with Gasteiger partial charge < -0.3 is 15.1 Å². The van der Waals surface area contributed by atoms with E-state index >= 15 is 0 Å². The van der Waals surface area contributed by atoms with Crippen molar-refractivity contribution in [1.82, 2.24) is 4.90 Å². The molecule has 2 aliphatic carbocycles. The van der Waals surface area contributed by atoms with E-state index in [1.807, 2.05) is 39.0 Å². The third-order valence-electron chi connectivity index (χ3n) is 5.66. The summed E-state index contributed by atoms with van der Waals surface area (Å²) in [4.78, 5) is 14.2. The first-order valence-corrected chi connectivity index (χ1v) is 8.33. The summed E-state index contributed by atoms with van der Waals surface area (Å²) in [6.07, 6.45) is 9.28. The molecular formula is C18H29NO3. The highest BCUT2D eigenvalue weighted by molar-refractivity contribution is 5.79. The normalized spacial score (nSPS) is 38.5. The van der Waals surface area contributed by atoms with Gasteiger partial charge in [0.1, 0.15) is 5.41 Å². The molecule has 0 aromatic rings. The highest BCUT2D eigenvalue weighted by Gasteiger charge is 2.46. The summed E-state index contributed by atoms with van der Waals surface area (Å²) in [5.74, 6) is -0.803. The number of aliphatic hydroxyl groups is 1. The van der Waals surface area contributed by atoms with Gasteiger partial charge in [-0.2, -0.15) is 0 Å². The van der Waals surface area contributed by atoms with Gasteiger partial charge >= 0.3 is 5.97 Å². The molecule has 0 bridgehead atoms. The number of nitrogens with zero attached hydrogens (tertiary/aromatic N) is 1. The maximum absolute atomic E-state index is 12.0. The van der Waals surface area contributed by atoms with Gasteiger partial charge in [0, 0.05) is 18.3 Å². The SMILES string of the molecule is CCN(C1=CC=CC(C)C1(C)C(=O)O)C1CCC(C)(O)CC1. The maximum atomic E-state index is 12.0. The molecule has 1 saturated carbocycles. The predicted octanol–water partition coefficient (Wildman–Crippen LogP) is 3.18. The van der Waals surface area contributed by atoms with E-state index in [-0.39, 0.29) is 5.92 Å². The van der Waals surface area contributed by atoms with Crippen molar-refractivity contribution in [2.75, 3.05) is 6.54 Å². The van der Waals surface area contributed by atoms with Gasteiger partial charge in [-0.15, -0.1) is 0 Å². The number of aliphatic carboxylic acids is 1. The zero-order valence-electron chi connectivity index (χ0n) is 14.2. The molecule has 1 fully saturated rings. The standard InChI is InChI=1S/C18H29NO3/c1-5-19(14-9-11-17(3,22)12-10-14)15-8-6-7-13(2)18(15,4)16(20)21/h6-8,13-14,22H,5,9-12H2,1-4H3,(H,20,21). The van der Waals surface area contributed by atoms with Gasteiger partial charge in [0.25, 0.3) is 0 Å². The molecule has 0 aromatic carbocycles. The Kier molecular flexibility index (Phi) is 4.71. The van der Waals surface area contributed by atoms with Crippen LogP contribution in [0.25, 0.3) is 0 Å². The second kappa shape index (κ2) is 6.07. The number of hydrogen-bond donors (Lipinski definition) is 2. The van der Waals surface area contributed by atoms with Crippen molar-refractivity contribution in [3.05, 3.63) is 23.9 Å². The first kappa shape index (κ1) is 17.1. The minimum atomic E-state index is -0.884. The molecule has 0 aromatic heterocycles. The van der Waals surface area contributed by atoms with E-state index in [9.17, 15) is 15.0 Å². The maximum Gasteiger partial charge on any atom is 0.315 e. The third-order valence-corrected chi connectivity index (χ3v) is 5.66. The summed E-state index contributed by atoms with van der Waals surface area (Å²) in [6, 6.07) is 0.314. The fourth-order valence-electron chi connectivity index (χ4n) is 3.77. The Morgan fingerprint density at radius 3 is 2.45 bits per heavy atom. The molecule has 2 unspecified atom stereocenters. The van der Waals surface area contributed by atoms with Crippen LogP contribution in [0.4, 0.5) is 0 Å². The molecule has 0 amide bonds. The largest absolute Gasteiger partial charge is 0.481 e. The topological polar surface area (TPSA) is 60.8 Å². The van der Waals surface area contributed by atoms with E-state index in [4.69, 9.17) is 0 Å². The van der Waals surface area contributed by atoms with E-state index < -0.39 is 17.0 Å². The molecule has 2 atom stereocenters. The Morgan fingerprint density at radius 1 is 1.36 bits per heavy atom. The Balaban J connectivity index is 2.28. The summed E-state index contributed by atoms with van der Waals surface area (Å²) in [5, 5.41) is 20.0. The highest BCUT2D eigenvalue weighted by Crippen LogP contribution is 2.43. The monoisotopic (exact) mass is 307 g/mol. The van der Waals surface area contributed by atoms with Gasteiger partial charge in [-0.25, -0.2) is 0 Å². The second-order valence-corrected chi connectivity index (χ2v) is 7.25. The van der Waals surface area contributed by atoms with Crippen LogP contribution >= 0.6 is 0 Å². The van der Waals surface area contributed by atoms with Crippen molar-refractivity contribution in [2.24, 2.45) is 11.3 Å². The molecular weight excluding hydrogens is 278 g/mol. The van der Waals surface area contributed by atoms with Crippen LogP contribution in [0.15, 0.2) is 23.9 Å². The molecule has 2 aliphatic rings. The number of rotatable bonds is 4. The lowest BCUT2D eigenvalue weighted by atomic mass is 9.71. The Morgan fingerprint density at radius 2 is 1.95 bits per heavy atom. The van der Waals surface area contributed by atoms with E-state index in [2.05, 4.69) is 11.8 Å². The van der Waals surface area contributed by atoms with Crippen LogP contribution in [0.1, 0.15) is 53.4 Å². The number of carboxylic acid groups (broad SMARTS) is 1. The number of carbonyl (C=O) groups is 1. The molecule has 0 heterocycles. The Labute approximate surface area is 133 Å². The van der Waals surface area contributed by atoms with Crippen LogP contribution in [0.3, 0.4) is 0 Å². The zero-order valence-corrected chi connectivity index (χ0v) is 14.2. The van der Waals surface area contributed by atoms with Crippen LogP contribution in [-0.4, -0.2) is 39.3 Å².